The lowest BCUT2D eigenvalue weighted by Gasteiger charge is -2.27. The molecule has 1 aliphatic carbocycles. The van der Waals surface area contributed by atoms with Crippen LogP contribution in [-0.4, -0.2) is 22.8 Å². The first kappa shape index (κ1) is 15.7. The molecular formula is C14H16ClFN2O3. The first-order chi connectivity index (χ1) is 9.97. The van der Waals surface area contributed by atoms with Gasteiger partial charge in [-0.15, -0.1) is 11.6 Å². The zero-order valence-corrected chi connectivity index (χ0v) is 12.1. The summed E-state index contributed by atoms with van der Waals surface area (Å²) in [6, 6.07) is 2.84. The normalized spacial score (nSPS) is 21.8. The fourth-order valence-electron chi connectivity index (χ4n) is 2.53. The van der Waals surface area contributed by atoms with Crippen molar-refractivity contribution in [2.24, 2.45) is 5.92 Å². The Balaban J connectivity index is 2.01. The van der Waals surface area contributed by atoms with Crippen molar-refractivity contribution >= 4 is 23.2 Å². The van der Waals surface area contributed by atoms with E-state index in [1.807, 2.05) is 0 Å². The average molecular weight is 315 g/mol. The molecule has 0 heterocycles. The van der Waals surface area contributed by atoms with Crippen molar-refractivity contribution in [3.8, 4) is 0 Å². The van der Waals surface area contributed by atoms with Crippen LogP contribution in [0.25, 0.3) is 0 Å². The molecule has 2 unspecified atom stereocenters. The van der Waals surface area contributed by atoms with Crippen LogP contribution in [0, 0.1) is 21.8 Å². The molecule has 2 rings (SSSR count). The molecule has 114 valence electrons. The molecule has 1 amide bonds. The number of non-ortho nitro benzene ring substituents is 1. The molecule has 0 spiro atoms. The minimum atomic E-state index is -0.803. The molecule has 0 bridgehead atoms. The van der Waals surface area contributed by atoms with Crippen molar-refractivity contribution in [3.63, 3.8) is 0 Å². The molecule has 0 aromatic heterocycles. The van der Waals surface area contributed by atoms with Crippen molar-refractivity contribution in [3.05, 3.63) is 39.7 Å². The van der Waals surface area contributed by atoms with Crippen LogP contribution in [0.5, 0.6) is 0 Å². The fraction of sp³-hybridized carbons (Fsp3) is 0.500. The molecule has 0 radical (unpaired) electrons. The van der Waals surface area contributed by atoms with Gasteiger partial charge in [0.1, 0.15) is 5.82 Å². The molecule has 0 aliphatic heterocycles. The van der Waals surface area contributed by atoms with Crippen molar-refractivity contribution in [1.29, 1.82) is 0 Å². The summed E-state index contributed by atoms with van der Waals surface area (Å²) >= 11 is 6.20. The van der Waals surface area contributed by atoms with Gasteiger partial charge in [0.05, 0.1) is 11.0 Å². The average Bonchev–Trinajstić information content (AvgIpc) is 2.45. The van der Waals surface area contributed by atoms with Gasteiger partial charge >= 0.3 is 0 Å². The third kappa shape index (κ3) is 4.14. The lowest BCUT2D eigenvalue weighted by molar-refractivity contribution is -0.385. The number of rotatable bonds is 4. The van der Waals surface area contributed by atoms with Gasteiger partial charge in [0.25, 0.3) is 11.6 Å². The maximum absolute atomic E-state index is 13.3. The number of carbonyl (C=O) groups excluding carboxylic acids is 1. The van der Waals surface area contributed by atoms with E-state index in [0.29, 0.717) is 6.54 Å². The van der Waals surface area contributed by atoms with Crippen LogP contribution in [0.3, 0.4) is 0 Å². The van der Waals surface area contributed by atoms with E-state index in [1.54, 1.807) is 0 Å². The third-order valence-corrected chi connectivity index (χ3v) is 4.27. The third-order valence-electron chi connectivity index (χ3n) is 3.70. The Labute approximate surface area is 126 Å². The number of nitrogens with one attached hydrogen (secondary N) is 1. The van der Waals surface area contributed by atoms with Crippen LogP contribution < -0.4 is 5.32 Å². The highest BCUT2D eigenvalue weighted by Crippen LogP contribution is 2.28. The van der Waals surface area contributed by atoms with Gasteiger partial charge in [-0.25, -0.2) is 4.39 Å². The smallest absolute Gasteiger partial charge is 0.273 e. The first-order valence-corrected chi connectivity index (χ1v) is 7.28. The molecule has 1 fully saturated rings. The van der Waals surface area contributed by atoms with Crippen LogP contribution >= 0.6 is 11.6 Å². The summed E-state index contributed by atoms with van der Waals surface area (Å²) < 4.78 is 13.3. The molecule has 21 heavy (non-hydrogen) atoms. The van der Waals surface area contributed by atoms with Gasteiger partial charge in [0.2, 0.25) is 0 Å². The number of carbonyl (C=O) groups is 1. The number of nitro groups is 1. The summed E-state index contributed by atoms with van der Waals surface area (Å²) in [4.78, 5) is 21.9. The predicted octanol–water partition coefficient (Wildman–Crippen LogP) is 3.26. The second-order valence-electron chi connectivity index (χ2n) is 5.23. The first-order valence-electron chi connectivity index (χ1n) is 6.84. The second kappa shape index (κ2) is 6.85. The molecule has 1 aliphatic rings. The zero-order valence-electron chi connectivity index (χ0n) is 11.4. The summed E-state index contributed by atoms with van der Waals surface area (Å²) in [6.07, 6.45) is 4.04. The summed E-state index contributed by atoms with van der Waals surface area (Å²) in [5.41, 5.74) is -0.489. The molecular weight excluding hydrogens is 299 g/mol. The van der Waals surface area contributed by atoms with Crippen molar-refractivity contribution in [2.45, 2.75) is 31.1 Å². The topological polar surface area (TPSA) is 72.2 Å². The van der Waals surface area contributed by atoms with E-state index in [-0.39, 0.29) is 16.9 Å². The minimum absolute atomic E-state index is 0.0286. The molecule has 0 saturated heterocycles. The molecule has 1 aromatic rings. The Morgan fingerprint density at radius 2 is 2.10 bits per heavy atom. The molecule has 1 saturated carbocycles. The van der Waals surface area contributed by atoms with E-state index in [0.717, 1.165) is 43.9 Å². The van der Waals surface area contributed by atoms with E-state index >= 15 is 0 Å². The van der Waals surface area contributed by atoms with Gasteiger partial charge in [-0.2, -0.15) is 0 Å². The van der Waals surface area contributed by atoms with E-state index in [1.165, 1.54) is 0 Å². The lowest BCUT2D eigenvalue weighted by Crippen LogP contribution is -2.34. The molecule has 1 aromatic carbocycles. The van der Waals surface area contributed by atoms with E-state index in [2.05, 4.69) is 5.32 Å². The number of benzene rings is 1. The van der Waals surface area contributed by atoms with Gasteiger partial charge < -0.3 is 5.32 Å². The fourth-order valence-corrected chi connectivity index (χ4v) is 2.90. The van der Waals surface area contributed by atoms with E-state index in [9.17, 15) is 19.3 Å². The molecule has 2 atom stereocenters. The van der Waals surface area contributed by atoms with Gasteiger partial charge in [-0.1, -0.05) is 12.8 Å². The number of amides is 1. The highest BCUT2D eigenvalue weighted by Gasteiger charge is 2.24. The van der Waals surface area contributed by atoms with Gasteiger partial charge in [-0.05, 0) is 24.8 Å². The molecule has 5 nitrogen and oxygen atoms in total. The molecule has 7 heteroatoms. The second-order valence-corrected chi connectivity index (χ2v) is 5.79. The maximum Gasteiger partial charge on any atom is 0.273 e. The van der Waals surface area contributed by atoms with Crippen LogP contribution in [0.1, 0.15) is 36.0 Å². The van der Waals surface area contributed by atoms with Crippen molar-refractivity contribution in [1.82, 2.24) is 5.32 Å². The highest BCUT2D eigenvalue weighted by atomic mass is 35.5. The number of halogens is 2. The SMILES string of the molecule is O=C(NCC1CCCCC1Cl)c1cc(F)cc([N+](=O)[O-])c1. The maximum atomic E-state index is 13.3. The summed E-state index contributed by atoms with van der Waals surface area (Å²) in [5, 5.41) is 13.4. The summed E-state index contributed by atoms with van der Waals surface area (Å²) in [5.74, 6) is -1.14. The Morgan fingerprint density at radius 3 is 2.76 bits per heavy atom. The van der Waals surface area contributed by atoms with Crippen molar-refractivity contribution < 1.29 is 14.1 Å². The van der Waals surface area contributed by atoms with Crippen LogP contribution in [0.4, 0.5) is 10.1 Å². The zero-order chi connectivity index (χ0) is 15.4. The summed E-state index contributed by atoms with van der Waals surface area (Å²) in [7, 11) is 0. The lowest BCUT2D eigenvalue weighted by atomic mass is 9.88. The predicted molar refractivity (Wildman–Crippen MR) is 77.0 cm³/mol. The Kier molecular flexibility index (Phi) is 5.12. The Hall–Kier alpha value is -1.69. The number of nitrogens with zero attached hydrogens (tertiary/aromatic N) is 1. The number of nitro benzene ring substituents is 1. The van der Waals surface area contributed by atoms with Crippen molar-refractivity contribution in [2.75, 3.05) is 6.54 Å². The van der Waals surface area contributed by atoms with Crippen LogP contribution in [0.15, 0.2) is 18.2 Å². The van der Waals surface area contributed by atoms with Gasteiger partial charge in [0.15, 0.2) is 0 Å². The number of hydrogen-bond donors (Lipinski definition) is 1. The molecule has 1 N–H and O–H groups in total. The Morgan fingerprint density at radius 1 is 1.38 bits per heavy atom. The summed E-state index contributed by atoms with van der Waals surface area (Å²) in [6.45, 7) is 0.400. The number of hydrogen-bond acceptors (Lipinski definition) is 3. The highest BCUT2D eigenvalue weighted by molar-refractivity contribution is 6.20. The van der Waals surface area contributed by atoms with Crippen LogP contribution in [0.2, 0.25) is 0 Å². The monoisotopic (exact) mass is 314 g/mol. The van der Waals surface area contributed by atoms with E-state index in [4.69, 9.17) is 11.6 Å². The quantitative estimate of drug-likeness (QED) is 0.526. The van der Waals surface area contributed by atoms with Gasteiger partial charge in [-0.3, -0.25) is 14.9 Å². The Bertz CT molecular complexity index is 553. The largest absolute Gasteiger partial charge is 0.352 e. The minimum Gasteiger partial charge on any atom is -0.352 e. The van der Waals surface area contributed by atoms with Gasteiger partial charge in [0, 0.05) is 23.6 Å². The van der Waals surface area contributed by atoms with Crippen LogP contribution in [-0.2, 0) is 0 Å². The van der Waals surface area contributed by atoms with E-state index < -0.39 is 22.3 Å². The standard InChI is InChI=1S/C14H16ClFN2O3/c15-13-4-2-1-3-9(13)8-17-14(19)10-5-11(16)7-12(6-10)18(20)21/h5-7,9,13H,1-4,8H2,(H,17,19). The number of alkyl halides is 1.